The molecule has 0 radical (unpaired) electrons. The molecular formula is C26H44O8. The van der Waals surface area contributed by atoms with E-state index in [1.807, 2.05) is 0 Å². The predicted octanol–water partition coefficient (Wildman–Crippen LogP) is 1.27. The van der Waals surface area contributed by atoms with Crippen molar-refractivity contribution in [2.45, 2.75) is 89.5 Å². The molecule has 34 heavy (non-hydrogen) atoms. The van der Waals surface area contributed by atoms with E-state index in [2.05, 4.69) is 20.4 Å². The van der Waals surface area contributed by atoms with Crippen LogP contribution in [0.25, 0.3) is 0 Å². The van der Waals surface area contributed by atoms with Crippen molar-refractivity contribution >= 4 is 0 Å². The van der Waals surface area contributed by atoms with Gasteiger partial charge in [0.2, 0.25) is 0 Å². The number of aliphatic hydroxyl groups is 6. The Balaban J connectivity index is 1.73. The molecule has 2 saturated carbocycles. The van der Waals surface area contributed by atoms with Crippen LogP contribution in [-0.4, -0.2) is 87.8 Å². The molecule has 1 heterocycles. The summed E-state index contributed by atoms with van der Waals surface area (Å²) in [4.78, 5) is 0. The number of hydrogen-bond acceptors (Lipinski definition) is 8. The maximum atomic E-state index is 10.4. The topological polar surface area (TPSA) is 140 Å². The summed E-state index contributed by atoms with van der Waals surface area (Å²) in [5, 5.41) is 58.8. The summed E-state index contributed by atoms with van der Waals surface area (Å²) in [7, 11) is 0. The lowest BCUT2D eigenvalue weighted by molar-refractivity contribution is -0.309. The zero-order valence-corrected chi connectivity index (χ0v) is 20.6. The zero-order valence-electron chi connectivity index (χ0n) is 20.6. The summed E-state index contributed by atoms with van der Waals surface area (Å²) in [6, 6.07) is 0. The van der Waals surface area contributed by atoms with Gasteiger partial charge < -0.3 is 40.1 Å². The zero-order chi connectivity index (χ0) is 25.1. The van der Waals surface area contributed by atoms with E-state index in [4.69, 9.17) is 9.47 Å². The Labute approximate surface area is 202 Å². The van der Waals surface area contributed by atoms with Gasteiger partial charge in [-0.25, -0.2) is 0 Å². The van der Waals surface area contributed by atoms with Crippen molar-refractivity contribution < 1.29 is 40.1 Å². The first kappa shape index (κ1) is 27.7. The van der Waals surface area contributed by atoms with Gasteiger partial charge >= 0.3 is 0 Å². The Bertz CT molecular complexity index is 724. The number of allylic oxidation sites excluding steroid dienone is 1. The highest BCUT2D eigenvalue weighted by molar-refractivity contribution is 5.17. The van der Waals surface area contributed by atoms with Crippen molar-refractivity contribution in [1.29, 1.82) is 0 Å². The summed E-state index contributed by atoms with van der Waals surface area (Å²) < 4.78 is 11.6. The van der Waals surface area contributed by atoms with E-state index >= 15 is 0 Å². The minimum Gasteiger partial charge on any atom is -0.394 e. The molecule has 0 aromatic heterocycles. The Morgan fingerprint density at radius 1 is 1.12 bits per heavy atom. The first-order valence-corrected chi connectivity index (χ1v) is 12.6. The minimum atomic E-state index is -1.45. The fraction of sp³-hybridized carbons (Fsp3) is 0.846. The lowest BCUT2D eigenvalue weighted by Crippen LogP contribution is -2.60. The van der Waals surface area contributed by atoms with Crippen molar-refractivity contribution in [2.75, 3.05) is 26.4 Å². The monoisotopic (exact) mass is 484 g/mol. The molecule has 0 unspecified atom stereocenters. The van der Waals surface area contributed by atoms with Crippen LogP contribution in [0.1, 0.15) is 58.8 Å². The van der Waals surface area contributed by atoms with Gasteiger partial charge in [-0.3, -0.25) is 0 Å². The molecular weight excluding hydrogens is 440 g/mol. The summed E-state index contributed by atoms with van der Waals surface area (Å²) >= 11 is 0. The maximum Gasteiger partial charge on any atom is 0.186 e. The van der Waals surface area contributed by atoms with Gasteiger partial charge in [0.1, 0.15) is 24.4 Å². The molecule has 3 rings (SSSR count). The van der Waals surface area contributed by atoms with E-state index in [1.54, 1.807) is 6.08 Å². The average Bonchev–Trinajstić information content (AvgIpc) is 2.80. The molecule has 0 aromatic carbocycles. The second-order valence-corrected chi connectivity index (χ2v) is 11.1. The fourth-order valence-corrected chi connectivity index (χ4v) is 6.97. The highest BCUT2D eigenvalue weighted by Gasteiger charge is 2.55. The number of aliphatic hydroxyl groups excluding tert-OH is 6. The molecule has 1 saturated heterocycles. The highest BCUT2D eigenvalue weighted by atomic mass is 16.7. The maximum absolute atomic E-state index is 10.4. The molecule has 0 aromatic rings. The van der Waals surface area contributed by atoms with Crippen molar-refractivity contribution in [3.8, 4) is 0 Å². The largest absolute Gasteiger partial charge is 0.394 e. The quantitative estimate of drug-likeness (QED) is 0.269. The minimum absolute atomic E-state index is 0.0147. The van der Waals surface area contributed by atoms with Gasteiger partial charge in [-0.1, -0.05) is 38.5 Å². The average molecular weight is 485 g/mol. The summed E-state index contributed by atoms with van der Waals surface area (Å²) in [5.41, 5.74) is 1.94. The van der Waals surface area contributed by atoms with Crippen LogP contribution >= 0.6 is 0 Å². The smallest absolute Gasteiger partial charge is 0.186 e. The first-order chi connectivity index (χ1) is 16.1. The van der Waals surface area contributed by atoms with Crippen molar-refractivity contribution in [3.05, 3.63) is 23.8 Å². The third-order valence-electron chi connectivity index (χ3n) is 8.91. The third kappa shape index (κ3) is 5.44. The molecule has 196 valence electrons. The van der Waals surface area contributed by atoms with E-state index in [0.717, 1.165) is 50.5 Å². The number of ether oxygens (including phenoxy) is 2. The molecule has 0 spiro atoms. The Morgan fingerprint density at radius 3 is 2.50 bits per heavy atom. The Morgan fingerprint density at radius 2 is 1.85 bits per heavy atom. The molecule has 0 amide bonds. The van der Waals surface area contributed by atoms with E-state index < -0.39 is 37.3 Å². The van der Waals surface area contributed by atoms with Gasteiger partial charge in [-0.05, 0) is 66.8 Å². The van der Waals surface area contributed by atoms with E-state index in [9.17, 15) is 30.6 Å². The van der Waals surface area contributed by atoms with Crippen LogP contribution in [0.15, 0.2) is 23.8 Å². The van der Waals surface area contributed by atoms with E-state index in [0.29, 0.717) is 18.4 Å². The van der Waals surface area contributed by atoms with Gasteiger partial charge in [-0.15, -0.1) is 0 Å². The lowest BCUT2D eigenvalue weighted by Gasteiger charge is -2.59. The second kappa shape index (κ2) is 11.5. The van der Waals surface area contributed by atoms with Crippen LogP contribution in [0.3, 0.4) is 0 Å². The van der Waals surface area contributed by atoms with Crippen LogP contribution in [0.5, 0.6) is 0 Å². The summed E-state index contributed by atoms with van der Waals surface area (Å²) in [5.74, 6) is 0.653. The first-order valence-electron chi connectivity index (χ1n) is 12.6. The van der Waals surface area contributed by atoms with Gasteiger partial charge in [0, 0.05) is 0 Å². The molecule has 3 aliphatic rings. The van der Waals surface area contributed by atoms with Crippen LogP contribution in [-0.2, 0) is 9.47 Å². The Kier molecular flexibility index (Phi) is 9.36. The SMILES string of the molecule is C=C1CC[C@@H]2[C@](C)(CO[C@@H]3O[C@H](CO)[C@@H](O)[C@H](O)[C@H]3O)CCC[C@@]2(C)[C@@H]1CC/C(=C/CO)CO. The van der Waals surface area contributed by atoms with E-state index in [1.165, 1.54) is 5.57 Å². The molecule has 2 aliphatic carbocycles. The summed E-state index contributed by atoms with van der Waals surface area (Å²) in [6.07, 6.45) is 1.94. The predicted molar refractivity (Wildman–Crippen MR) is 127 cm³/mol. The molecule has 6 N–H and O–H groups in total. The Hall–Kier alpha value is -0.840. The molecule has 1 aliphatic heterocycles. The van der Waals surface area contributed by atoms with Crippen LogP contribution < -0.4 is 0 Å². The number of rotatable bonds is 9. The van der Waals surface area contributed by atoms with Crippen molar-refractivity contribution in [3.63, 3.8) is 0 Å². The van der Waals surface area contributed by atoms with Gasteiger partial charge in [0.25, 0.3) is 0 Å². The second-order valence-electron chi connectivity index (χ2n) is 11.1. The summed E-state index contributed by atoms with van der Waals surface area (Å²) in [6.45, 7) is 8.69. The number of hydrogen-bond donors (Lipinski definition) is 6. The lowest BCUT2D eigenvalue weighted by atomic mass is 9.47. The van der Waals surface area contributed by atoms with Gasteiger partial charge in [0.15, 0.2) is 6.29 Å². The third-order valence-corrected chi connectivity index (χ3v) is 8.91. The molecule has 8 heteroatoms. The number of fused-ring (bicyclic) bond motifs is 1. The van der Waals surface area contributed by atoms with Gasteiger partial charge in [0.05, 0.1) is 26.4 Å². The molecule has 9 atom stereocenters. The van der Waals surface area contributed by atoms with Gasteiger partial charge in [-0.2, -0.15) is 0 Å². The van der Waals surface area contributed by atoms with Crippen LogP contribution in [0, 0.1) is 22.7 Å². The molecule has 3 fully saturated rings. The molecule has 0 bridgehead atoms. The highest BCUT2D eigenvalue weighted by Crippen LogP contribution is 2.62. The van der Waals surface area contributed by atoms with Crippen molar-refractivity contribution in [2.24, 2.45) is 22.7 Å². The molecule has 8 nitrogen and oxygen atoms in total. The van der Waals surface area contributed by atoms with Crippen molar-refractivity contribution in [1.82, 2.24) is 0 Å². The van der Waals surface area contributed by atoms with Crippen LogP contribution in [0.2, 0.25) is 0 Å². The standard InChI is InChI=1S/C26H44O8/c1-16-5-8-20-25(2,15-33-24-23(32)22(31)21(30)19(14-29)34-24)10-4-11-26(20,3)18(16)7-6-17(13-28)9-12-27/h9,18-24,27-32H,1,4-8,10-15H2,2-3H3/b17-9-/t18-,19-,20-,21-,22+,23-,24-,25+,26+/m1/s1. The van der Waals surface area contributed by atoms with Crippen LogP contribution in [0.4, 0.5) is 0 Å². The van der Waals surface area contributed by atoms with E-state index in [-0.39, 0.29) is 24.0 Å². The fourth-order valence-electron chi connectivity index (χ4n) is 6.97. The normalized spacial score (nSPS) is 43.6.